The lowest BCUT2D eigenvalue weighted by molar-refractivity contribution is 0.0532. The predicted octanol–water partition coefficient (Wildman–Crippen LogP) is 3.03. The number of methoxy groups -OCH3 is 1. The van der Waals surface area contributed by atoms with Crippen LogP contribution >= 0.6 is 0 Å². The van der Waals surface area contributed by atoms with Crippen molar-refractivity contribution < 1.29 is 17.9 Å². The van der Waals surface area contributed by atoms with Crippen molar-refractivity contribution in [1.29, 1.82) is 0 Å². The normalized spacial score (nSPS) is 17.8. The molecule has 1 unspecified atom stereocenters. The zero-order valence-corrected chi connectivity index (χ0v) is 16.0. The van der Waals surface area contributed by atoms with Crippen LogP contribution in [0, 0.1) is 6.92 Å². The van der Waals surface area contributed by atoms with E-state index in [-0.39, 0.29) is 11.0 Å². The number of sulfonamides is 1. The Labute approximate surface area is 154 Å². The van der Waals surface area contributed by atoms with Gasteiger partial charge in [0.25, 0.3) is 10.0 Å². The molecule has 1 heterocycles. The summed E-state index contributed by atoms with van der Waals surface area (Å²) in [5, 5.41) is 0. The first-order chi connectivity index (χ1) is 12.4. The molecule has 0 saturated carbocycles. The fourth-order valence-corrected chi connectivity index (χ4v) is 4.17. The van der Waals surface area contributed by atoms with Gasteiger partial charge in [0.2, 0.25) is 0 Å². The van der Waals surface area contributed by atoms with E-state index in [1.54, 1.807) is 31.4 Å². The molecule has 0 bridgehead atoms. The molecule has 0 amide bonds. The largest absolute Gasteiger partial charge is 0.496 e. The van der Waals surface area contributed by atoms with E-state index < -0.39 is 10.0 Å². The van der Waals surface area contributed by atoms with Crippen LogP contribution in [0.25, 0.3) is 0 Å². The standard InChI is InChI=1S/C19H24N2O4S/c1-14-12-18(8-9-19(14)24-3)26(22,23)20-16-4-6-17(7-5-16)21-10-11-25-15(2)13-21/h4-9,12,15,20H,10-11,13H2,1-3H3. The first-order valence-corrected chi connectivity index (χ1v) is 10.0. The minimum Gasteiger partial charge on any atom is -0.496 e. The van der Waals surface area contributed by atoms with Gasteiger partial charge in [0, 0.05) is 24.5 Å². The average molecular weight is 376 g/mol. The van der Waals surface area contributed by atoms with Crippen LogP contribution < -0.4 is 14.4 Å². The monoisotopic (exact) mass is 376 g/mol. The molecule has 0 radical (unpaired) electrons. The molecule has 0 aromatic heterocycles. The number of ether oxygens (including phenoxy) is 2. The SMILES string of the molecule is COc1ccc(S(=O)(=O)Nc2ccc(N3CCOC(C)C3)cc2)cc1C. The summed E-state index contributed by atoms with van der Waals surface area (Å²) in [6.07, 6.45) is 0.195. The van der Waals surface area contributed by atoms with Gasteiger partial charge in [-0.1, -0.05) is 0 Å². The van der Waals surface area contributed by atoms with E-state index in [1.165, 1.54) is 6.07 Å². The Morgan fingerprint density at radius 2 is 1.92 bits per heavy atom. The third kappa shape index (κ3) is 4.11. The second-order valence-electron chi connectivity index (χ2n) is 6.41. The molecule has 3 rings (SSSR count). The number of morpholine rings is 1. The van der Waals surface area contributed by atoms with Gasteiger partial charge in [0.1, 0.15) is 5.75 Å². The number of aryl methyl sites for hydroxylation is 1. The van der Waals surface area contributed by atoms with Gasteiger partial charge in [-0.2, -0.15) is 0 Å². The molecule has 2 aromatic carbocycles. The molecular formula is C19H24N2O4S. The first kappa shape index (κ1) is 18.5. The van der Waals surface area contributed by atoms with Gasteiger partial charge >= 0.3 is 0 Å². The van der Waals surface area contributed by atoms with Crippen LogP contribution in [0.5, 0.6) is 5.75 Å². The van der Waals surface area contributed by atoms with Gasteiger partial charge in [0.05, 0.1) is 24.7 Å². The molecule has 0 aliphatic carbocycles. The van der Waals surface area contributed by atoms with Crippen LogP contribution in [-0.2, 0) is 14.8 Å². The summed E-state index contributed by atoms with van der Waals surface area (Å²) in [5.74, 6) is 0.660. The lowest BCUT2D eigenvalue weighted by Gasteiger charge is -2.33. The highest BCUT2D eigenvalue weighted by Crippen LogP contribution is 2.25. The number of anilines is 2. The molecule has 2 aromatic rings. The lowest BCUT2D eigenvalue weighted by Crippen LogP contribution is -2.41. The second kappa shape index (κ2) is 7.55. The first-order valence-electron chi connectivity index (χ1n) is 8.53. The molecule has 1 aliphatic heterocycles. The molecule has 0 spiro atoms. The fraction of sp³-hybridized carbons (Fsp3) is 0.368. The van der Waals surface area contributed by atoms with Crippen LogP contribution in [0.3, 0.4) is 0 Å². The quantitative estimate of drug-likeness (QED) is 0.869. The molecule has 140 valence electrons. The smallest absolute Gasteiger partial charge is 0.261 e. The van der Waals surface area contributed by atoms with Crippen LogP contribution in [0.1, 0.15) is 12.5 Å². The van der Waals surface area contributed by atoms with E-state index in [9.17, 15) is 8.42 Å². The Bertz CT molecular complexity index is 866. The van der Waals surface area contributed by atoms with Crippen molar-refractivity contribution in [2.75, 3.05) is 36.4 Å². The average Bonchev–Trinajstić information content (AvgIpc) is 2.62. The van der Waals surface area contributed by atoms with Crippen molar-refractivity contribution in [1.82, 2.24) is 0 Å². The Hall–Kier alpha value is -2.25. The molecule has 7 heteroatoms. The van der Waals surface area contributed by atoms with Gasteiger partial charge in [-0.3, -0.25) is 4.72 Å². The maximum atomic E-state index is 12.6. The second-order valence-corrected chi connectivity index (χ2v) is 8.09. The van der Waals surface area contributed by atoms with E-state index >= 15 is 0 Å². The van der Waals surface area contributed by atoms with Gasteiger partial charge in [-0.15, -0.1) is 0 Å². The van der Waals surface area contributed by atoms with Crippen molar-refractivity contribution in [2.45, 2.75) is 24.8 Å². The fourth-order valence-electron chi connectivity index (χ4n) is 3.03. The zero-order valence-electron chi connectivity index (χ0n) is 15.2. The van der Waals surface area contributed by atoms with Crippen molar-refractivity contribution in [3.8, 4) is 5.75 Å². The minimum absolute atomic E-state index is 0.195. The Morgan fingerprint density at radius 1 is 1.19 bits per heavy atom. The van der Waals surface area contributed by atoms with Crippen molar-refractivity contribution in [2.24, 2.45) is 0 Å². The maximum Gasteiger partial charge on any atom is 0.261 e. The summed E-state index contributed by atoms with van der Waals surface area (Å²) < 4.78 is 38.6. The minimum atomic E-state index is -3.65. The number of hydrogen-bond donors (Lipinski definition) is 1. The van der Waals surface area contributed by atoms with Gasteiger partial charge in [0.15, 0.2) is 0 Å². The maximum absolute atomic E-state index is 12.6. The number of rotatable bonds is 5. The highest BCUT2D eigenvalue weighted by Gasteiger charge is 2.18. The number of nitrogens with zero attached hydrogens (tertiary/aromatic N) is 1. The van der Waals surface area contributed by atoms with Gasteiger partial charge in [-0.25, -0.2) is 8.42 Å². The topological polar surface area (TPSA) is 67.9 Å². The van der Waals surface area contributed by atoms with Crippen LogP contribution in [0.15, 0.2) is 47.4 Å². The third-order valence-electron chi connectivity index (χ3n) is 4.40. The lowest BCUT2D eigenvalue weighted by atomic mass is 10.2. The van der Waals surface area contributed by atoms with Gasteiger partial charge in [-0.05, 0) is 61.9 Å². The Morgan fingerprint density at radius 3 is 2.54 bits per heavy atom. The third-order valence-corrected chi connectivity index (χ3v) is 5.78. The molecule has 1 N–H and O–H groups in total. The molecule has 6 nitrogen and oxygen atoms in total. The van der Waals surface area contributed by atoms with E-state index in [0.717, 1.165) is 24.3 Å². The molecule has 1 saturated heterocycles. The van der Waals surface area contributed by atoms with Crippen molar-refractivity contribution in [3.05, 3.63) is 48.0 Å². The van der Waals surface area contributed by atoms with E-state index in [1.807, 2.05) is 26.0 Å². The highest BCUT2D eigenvalue weighted by atomic mass is 32.2. The molecule has 1 atom stereocenters. The highest BCUT2D eigenvalue weighted by molar-refractivity contribution is 7.92. The Balaban J connectivity index is 1.74. The van der Waals surface area contributed by atoms with Crippen molar-refractivity contribution in [3.63, 3.8) is 0 Å². The van der Waals surface area contributed by atoms with E-state index in [2.05, 4.69) is 9.62 Å². The van der Waals surface area contributed by atoms with Crippen LogP contribution in [0.4, 0.5) is 11.4 Å². The summed E-state index contributed by atoms with van der Waals surface area (Å²) in [7, 11) is -2.09. The van der Waals surface area contributed by atoms with Crippen LogP contribution in [-0.4, -0.2) is 41.3 Å². The number of hydrogen-bond acceptors (Lipinski definition) is 5. The molecule has 1 aliphatic rings. The molecular weight excluding hydrogens is 352 g/mol. The molecule has 1 fully saturated rings. The van der Waals surface area contributed by atoms with Gasteiger partial charge < -0.3 is 14.4 Å². The summed E-state index contributed by atoms with van der Waals surface area (Å²) >= 11 is 0. The van der Waals surface area contributed by atoms with E-state index in [0.29, 0.717) is 18.0 Å². The molecule has 26 heavy (non-hydrogen) atoms. The summed E-state index contributed by atoms with van der Waals surface area (Å²) in [4.78, 5) is 2.45. The van der Waals surface area contributed by atoms with E-state index in [4.69, 9.17) is 9.47 Å². The van der Waals surface area contributed by atoms with Crippen LogP contribution in [0.2, 0.25) is 0 Å². The number of benzene rings is 2. The summed E-state index contributed by atoms with van der Waals surface area (Å²) in [6, 6.07) is 12.2. The van der Waals surface area contributed by atoms with Crippen molar-refractivity contribution >= 4 is 21.4 Å². The summed E-state index contributed by atoms with van der Waals surface area (Å²) in [5.41, 5.74) is 2.36. The zero-order chi connectivity index (χ0) is 18.7. The summed E-state index contributed by atoms with van der Waals surface area (Å²) in [6.45, 7) is 6.23. The Kier molecular flexibility index (Phi) is 5.38. The predicted molar refractivity (Wildman–Crippen MR) is 103 cm³/mol. The number of nitrogens with one attached hydrogen (secondary N) is 1.